The quantitative estimate of drug-likeness (QED) is 0.687. The SMILES string of the molecule is [CH2]C[C@@H]1C(=C)[C@@H](n2cnc3c(=O)nc(N)[nH]c32)C[C@@H]1O. The Balaban J connectivity index is 2.12. The molecule has 1 aliphatic rings. The van der Waals surface area contributed by atoms with Crippen LogP contribution in [0.15, 0.2) is 23.3 Å². The number of aromatic amines is 1. The van der Waals surface area contributed by atoms with Gasteiger partial charge < -0.3 is 20.4 Å². The molecule has 7 heteroatoms. The van der Waals surface area contributed by atoms with Crippen molar-refractivity contribution in [2.45, 2.75) is 25.0 Å². The zero-order valence-corrected chi connectivity index (χ0v) is 10.9. The maximum absolute atomic E-state index is 11.7. The van der Waals surface area contributed by atoms with Gasteiger partial charge in [-0.15, -0.1) is 0 Å². The molecule has 1 radical (unpaired) electrons. The fourth-order valence-corrected chi connectivity index (χ4v) is 2.90. The van der Waals surface area contributed by atoms with Crippen LogP contribution in [0.25, 0.3) is 11.2 Å². The molecule has 3 atom stereocenters. The van der Waals surface area contributed by atoms with E-state index >= 15 is 0 Å². The minimum absolute atomic E-state index is 0.0386. The van der Waals surface area contributed by atoms with E-state index in [9.17, 15) is 9.90 Å². The summed E-state index contributed by atoms with van der Waals surface area (Å²) in [6, 6.07) is -0.126. The van der Waals surface area contributed by atoms with E-state index in [1.165, 1.54) is 0 Å². The van der Waals surface area contributed by atoms with Gasteiger partial charge in [0.15, 0.2) is 5.52 Å². The summed E-state index contributed by atoms with van der Waals surface area (Å²) in [6.45, 7) is 7.90. The van der Waals surface area contributed by atoms with Gasteiger partial charge in [0.1, 0.15) is 5.65 Å². The molecule has 1 fully saturated rings. The lowest BCUT2D eigenvalue weighted by Gasteiger charge is -2.16. The van der Waals surface area contributed by atoms with Gasteiger partial charge in [-0.2, -0.15) is 4.98 Å². The molecule has 105 valence electrons. The fourth-order valence-electron chi connectivity index (χ4n) is 2.90. The number of nitrogens with zero attached hydrogens (tertiary/aromatic N) is 3. The van der Waals surface area contributed by atoms with Gasteiger partial charge in [-0.3, -0.25) is 4.79 Å². The van der Waals surface area contributed by atoms with Crippen molar-refractivity contribution >= 4 is 17.1 Å². The number of imidazole rings is 1. The van der Waals surface area contributed by atoms with Crippen molar-refractivity contribution in [1.82, 2.24) is 19.5 Å². The van der Waals surface area contributed by atoms with Crippen LogP contribution in [-0.2, 0) is 0 Å². The average molecular weight is 274 g/mol. The molecule has 0 saturated heterocycles. The molecule has 4 N–H and O–H groups in total. The minimum atomic E-state index is -0.478. The zero-order chi connectivity index (χ0) is 14.4. The summed E-state index contributed by atoms with van der Waals surface area (Å²) < 4.78 is 1.79. The second-order valence-corrected chi connectivity index (χ2v) is 5.07. The summed E-state index contributed by atoms with van der Waals surface area (Å²) in [7, 11) is 0. The standard InChI is InChI=1S/C13H16N5O2/c1-3-7-6(2)8(4-9(7)19)18-5-15-10-11(18)16-13(14)17-12(10)20/h5,7-9,19H,1-4H2,(H3,14,16,17,20)/t7-,8+,9+/m1/s1. The third kappa shape index (κ3) is 1.74. The van der Waals surface area contributed by atoms with Crippen LogP contribution >= 0.6 is 0 Å². The smallest absolute Gasteiger partial charge is 0.302 e. The number of nitrogens with one attached hydrogen (secondary N) is 1. The van der Waals surface area contributed by atoms with Gasteiger partial charge in [-0.05, 0) is 18.4 Å². The molecule has 20 heavy (non-hydrogen) atoms. The number of H-pyrrole nitrogens is 1. The molecule has 0 spiro atoms. The van der Waals surface area contributed by atoms with Crippen LogP contribution in [0.5, 0.6) is 0 Å². The summed E-state index contributed by atoms with van der Waals surface area (Å²) in [5, 5.41) is 10.1. The van der Waals surface area contributed by atoms with Gasteiger partial charge in [0, 0.05) is 5.92 Å². The van der Waals surface area contributed by atoms with E-state index in [1.54, 1.807) is 10.9 Å². The van der Waals surface area contributed by atoms with Gasteiger partial charge in [0.25, 0.3) is 0 Å². The number of nitrogens with two attached hydrogens (primary N) is 1. The molecule has 0 bridgehead atoms. The molecule has 0 unspecified atom stereocenters. The van der Waals surface area contributed by atoms with E-state index in [1.807, 2.05) is 0 Å². The Morgan fingerprint density at radius 1 is 1.60 bits per heavy atom. The lowest BCUT2D eigenvalue weighted by molar-refractivity contribution is 0.139. The number of anilines is 1. The van der Waals surface area contributed by atoms with E-state index in [0.717, 1.165) is 5.57 Å². The average Bonchev–Trinajstić information content (AvgIpc) is 2.91. The number of nitrogen functional groups attached to an aromatic ring is 1. The van der Waals surface area contributed by atoms with Crippen molar-refractivity contribution < 1.29 is 5.11 Å². The third-order valence-corrected chi connectivity index (χ3v) is 3.95. The van der Waals surface area contributed by atoms with E-state index in [-0.39, 0.29) is 23.4 Å². The van der Waals surface area contributed by atoms with Crippen LogP contribution in [0.3, 0.4) is 0 Å². The predicted octanol–water partition coefficient (Wildman–Crippen LogP) is 0.404. The molecule has 3 rings (SSSR count). The van der Waals surface area contributed by atoms with E-state index < -0.39 is 11.7 Å². The van der Waals surface area contributed by atoms with Gasteiger partial charge in [0.05, 0.1) is 18.5 Å². The molecular weight excluding hydrogens is 258 g/mol. The van der Waals surface area contributed by atoms with Crippen LogP contribution < -0.4 is 11.3 Å². The molecule has 2 aromatic heterocycles. The molecule has 7 nitrogen and oxygen atoms in total. The molecule has 2 heterocycles. The van der Waals surface area contributed by atoms with Gasteiger partial charge >= 0.3 is 5.56 Å². The monoisotopic (exact) mass is 274 g/mol. The number of hydrogen-bond donors (Lipinski definition) is 3. The molecule has 0 aromatic carbocycles. The predicted molar refractivity (Wildman–Crippen MR) is 74.8 cm³/mol. The van der Waals surface area contributed by atoms with Crippen molar-refractivity contribution in [2.75, 3.05) is 5.73 Å². The highest BCUT2D eigenvalue weighted by Crippen LogP contribution is 2.41. The summed E-state index contributed by atoms with van der Waals surface area (Å²) in [5.74, 6) is 0.00507. The number of hydrogen-bond acceptors (Lipinski definition) is 5. The first kappa shape index (κ1) is 12.9. The second-order valence-electron chi connectivity index (χ2n) is 5.07. The lowest BCUT2D eigenvalue weighted by Crippen LogP contribution is -2.14. The van der Waals surface area contributed by atoms with Gasteiger partial charge in [-0.1, -0.05) is 13.5 Å². The van der Waals surface area contributed by atoms with Crippen LogP contribution in [0, 0.1) is 12.8 Å². The van der Waals surface area contributed by atoms with Crippen molar-refractivity contribution in [3.05, 3.63) is 35.8 Å². The van der Waals surface area contributed by atoms with Crippen LogP contribution in [0.1, 0.15) is 18.9 Å². The number of fused-ring (bicyclic) bond motifs is 1. The fraction of sp³-hybridized carbons (Fsp3) is 0.385. The van der Waals surface area contributed by atoms with E-state index in [0.29, 0.717) is 18.5 Å². The number of aliphatic hydroxyl groups is 1. The molecule has 1 aliphatic carbocycles. The number of rotatable bonds is 2. The topological polar surface area (TPSA) is 110 Å². The maximum atomic E-state index is 11.7. The summed E-state index contributed by atoms with van der Waals surface area (Å²) in [4.78, 5) is 22.3. The Bertz CT molecular complexity index is 732. The Kier molecular flexibility index (Phi) is 2.86. The molecule has 0 aliphatic heterocycles. The zero-order valence-electron chi connectivity index (χ0n) is 10.9. The van der Waals surface area contributed by atoms with Crippen LogP contribution in [-0.4, -0.2) is 30.7 Å². The number of aromatic nitrogens is 4. The normalized spacial score (nSPS) is 26.5. The summed E-state index contributed by atoms with van der Waals surface area (Å²) >= 11 is 0. The largest absolute Gasteiger partial charge is 0.392 e. The first-order chi connectivity index (χ1) is 9.52. The Morgan fingerprint density at radius 2 is 2.35 bits per heavy atom. The minimum Gasteiger partial charge on any atom is -0.392 e. The van der Waals surface area contributed by atoms with Crippen molar-refractivity contribution in [2.24, 2.45) is 5.92 Å². The third-order valence-electron chi connectivity index (χ3n) is 3.95. The highest BCUT2D eigenvalue weighted by molar-refractivity contribution is 5.70. The van der Waals surface area contributed by atoms with Crippen LogP contribution in [0.2, 0.25) is 0 Å². The Hall–Kier alpha value is -2.15. The Morgan fingerprint density at radius 3 is 3.00 bits per heavy atom. The molecule has 1 saturated carbocycles. The highest BCUT2D eigenvalue weighted by Gasteiger charge is 2.37. The van der Waals surface area contributed by atoms with Crippen molar-refractivity contribution in [3.63, 3.8) is 0 Å². The first-order valence-electron chi connectivity index (χ1n) is 6.41. The van der Waals surface area contributed by atoms with Gasteiger partial charge in [0.2, 0.25) is 5.95 Å². The van der Waals surface area contributed by atoms with Crippen molar-refractivity contribution in [1.29, 1.82) is 0 Å². The maximum Gasteiger partial charge on any atom is 0.302 e. The number of aliphatic hydroxyl groups excluding tert-OH is 1. The first-order valence-corrected chi connectivity index (χ1v) is 6.41. The van der Waals surface area contributed by atoms with E-state index in [2.05, 4.69) is 28.5 Å². The molecule has 2 aromatic rings. The van der Waals surface area contributed by atoms with Crippen molar-refractivity contribution in [3.8, 4) is 0 Å². The van der Waals surface area contributed by atoms with E-state index in [4.69, 9.17) is 5.73 Å². The Labute approximate surface area is 115 Å². The molecular formula is C13H16N5O2. The molecule has 0 amide bonds. The van der Waals surface area contributed by atoms with Crippen LogP contribution in [0.4, 0.5) is 5.95 Å². The summed E-state index contributed by atoms with van der Waals surface area (Å²) in [6.07, 6.45) is 2.18. The lowest BCUT2D eigenvalue weighted by atomic mass is 9.98. The second kappa shape index (κ2) is 4.45. The highest BCUT2D eigenvalue weighted by atomic mass is 16.3. The van der Waals surface area contributed by atoms with Gasteiger partial charge in [-0.25, -0.2) is 4.98 Å². The summed E-state index contributed by atoms with van der Waals surface area (Å²) in [5.41, 5.74) is 6.74.